The molecule has 0 amide bonds. The first-order chi connectivity index (χ1) is 16.1. The zero-order valence-electron chi connectivity index (χ0n) is 21.5. The van der Waals surface area contributed by atoms with E-state index in [0.29, 0.717) is 30.6 Å². The number of esters is 2. The molecule has 0 heterocycles. The van der Waals surface area contributed by atoms with Gasteiger partial charge in [-0.2, -0.15) is 0 Å². The van der Waals surface area contributed by atoms with Gasteiger partial charge in [0.05, 0.1) is 20.3 Å². The van der Waals surface area contributed by atoms with Crippen LogP contribution >= 0.6 is 0 Å². The molecule has 4 rings (SSSR count). The van der Waals surface area contributed by atoms with Gasteiger partial charge < -0.3 is 14.6 Å². The van der Waals surface area contributed by atoms with Gasteiger partial charge in [-0.3, -0.25) is 14.4 Å². The van der Waals surface area contributed by atoms with Crippen molar-refractivity contribution in [3.8, 4) is 0 Å². The molecule has 0 aromatic rings. The van der Waals surface area contributed by atoms with Crippen LogP contribution in [0.5, 0.6) is 0 Å². The predicted molar refractivity (Wildman–Crippen MR) is 128 cm³/mol. The third kappa shape index (κ3) is 3.84. The Morgan fingerprint density at radius 2 is 1.76 bits per heavy atom. The number of carbonyl (C=O) groups is 3. The molecule has 4 aliphatic carbocycles. The quantitative estimate of drug-likeness (QED) is 0.451. The number of ether oxygens (including phenoxy) is 2. The summed E-state index contributed by atoms with van der Waals surface area (Å²) in [6.07, 6.45) is 9.32. The Bertz CT molecular complexity index is 847. The van der Waals surface area contributed by atoms with E-state index in [1.165, 1.54) is 19.8 Å². The first-order valence-corrected chi connectivity index (χ1v) is 13.2. The highest BCUT2D eigenvalue weighted by Crippen LogP contribution is 2.68. The molecule has 190 valence electrons. The molecule has 4 unspecified atom stereocenters. The molecule has 6 nitrogen and oxygen atoms in total. The van der Waals surface area contributed by atoms with Crippen molar-refractivity contribution >= 4 is 17.7 Å². The number of ketones is 1. The van der Waals surface area contributed by atoms with E-state index in [1.54, 1.807) is 0 Å². The van der Waals surface area contributed by atoms with Crippen molar-refractivity contribution in [2.45, 2.75) is 84.7 Å². The fourth-order valence-electron chi connectivity index (χ4n) is 8.76. The summed E-state index contributed by atoms with van der Waals surface area (Å²) in [6, 6.07) is 0. The number of rotatable bonds is 6. The van der Waals surface area contributed by atoms with Gasteiger partial charge in [0.15, 0.2) is 11.7 Å². The van der Waals surface area contributed by atoms with Crippen molar-refractivity contribution in [3.05, 3.63) is 11.6 Å². The largest absolute Gasteiger partial charge is 0.468 e. The Balaban J connectivity index is 1.58. The smallest absolute Gasteiger partial charge is 0.320 e. The van der Waals surface area contributed by atoms with Crippen LogP contribution in [-0.4, -0.2) is 43.2 Å². The van der Waals surface area contributed by atoms with E-state index in [9.17, 15) is 19.5 Å². The lowest BCUT2D eigenvalue weighted by atomic mass is 9.44. The topological polar surface area (TPSA) is 89.9 Å². The van der Waals surface area contributed by atoms with Gasteiger partial charge in [-0.25, -0.2) is 0 Å². The summed E-state index contributed by atoms with van der Waals surface area (Å²) in [5, 5.41) is 11.7. The predicted octanol–water partition coefficient (Wildman–Crippen LogP) is 4.48. The molecule has 34 heavy (non-hydrogen) atoms. The number of carbonyl (C=O) groups excluding carboxylic acids is 3. The van der Waals surface area contributed by atoms with Crippen LogP contribution in [0.3, 0.4) is 0 Å². The van der Waals surface area contributed by atoms with Crippen LogP contribution < -0.4 is 0 Å². The molecule has 1 N–H and O–H groups in total. The summed E-state index contributed by atoms with van der Waals surface area (Å²) in [4.78, 5) is 36.7. The summed E-state index contributed by atoms with van der Waals surface area (Å²) in [5.74, 6) is -0.189. The van der Waals surface area contributed by atoms with Gasteiger partial charge in [0.2, 0.25) is 0 Å². The second-order valence-corrected chi connectivity index (χ2v) is 11.8. The minimum atomic E-state index is -0.870. The minimum Gasteiger partial charge on any atom is -0.468 e. The van der Waals surface area contributed by atoms with E-state index >= 15 is 0 Å². The van der Waals surface area contributed by atoms with Gasteiger partial charge in [-0.05, 0) is 91.9 Å². The normalized spacial score (nSPS) is 41.3. The number of methoxy groups -OCH3 is 2. The van der Waals surface area contributed by atoms with E-state index < -0.39 is 24.0 Å². The van der Waals surface area contributed by atoms with Crippen molar-refractivity contribution in [1.29, 1.82) is 0 Å². The Kier molecular flexibility index (Phi) is 7.03. The highest BCUT2D eigenvalue weighted by Gasteiger charge is 2.63. The molecule has 6 heteroatoms. The molecule has 0 aliphatic heterocycles. The first kappa shape index (κ1) is 25.4. The van der Waals surface area contributed by atoms with Gasteiger partial charge >= 0.3 is 11.9 Å². The summed E-state index contributed by atoms with van der Waals surface area (Å²) in [6.45, 7) is 6.86. The number of hydrogen-bond acceptors (Lipinski definition) is 6. The number of fused-ring (bicyclic) bond motifs is 5. The second kappa shape index (κ2) is 9.40. The Morgan fingerprint density at radius 1 is 1.09 bits per heavy atom. The summed E-state index contributed by atoms with van der Waals surface area (Å²) < 4.78 is 9.72. The number of hydrogen-bond donors (Lipinski definition) is 1. The van der Waals surface area contributed by atoms with E-state index in [1.807, 2.05) is 6.08 Å². The lowest BCUT2D eigenvalue weighted by Crippen LogP contribution is -2.58. The number of aliphatic hydroxyl groups is 1. The highest BCUT2D eigenvalue weighted by atomic mass is 16.5. The minimum absolute atomic E-state index is 0.00123. The van der Waals surface area contributed by atoms with Crippen molar-refractivity contribution in [1.82, 2.24) is 0 Å². The van der Waals surface area contributed by atoms with Crippen LogP contribution in [0.2, 0.25) is 0 Å². The molecule has 0 saturated heterocycles. The van der Waals surface area contributed by atoms with Crippen molar-refractivity contribution < 1.29 is 29.0 Å². The molecule has 4 aliphatic rings. The molecule has 0 aromatic heterocycles. The fourth-order valence-corrected chi connectivity index (χ4v) is 8.76. The van der Waals surface area contributed by atoms with Crippen molar-refractivity contribution in [2.75, 3.05) is 14.2 Å². The van der Waals surface area contributed by atoms with Crippen molar-refractivity contribution in [3.63, 3.8) is 0 Å². The molecule has 0 radical (unpaired) electrons. The van der Waals surface area contributed by atoms with Crippen LogP contribution in [0.1, 0.15) is 78.6 Å². The first-order valence-electron chi connectivity index (χ1n) is 13.2. The van der Waals surface area contributed by atoms with Crippen LogP contribution in [0.15, 0.2) is 11.6 Å². The van der Waals surface area contributed by atoms with Gasteiger partial charge in [0.25, 0.3) is 0 Å². The zero-order chi connectivity index (χ0) is 24.8. The maximum Gasteiger partial charge on any atom is 0.320 e. The average Bonchev–Trinajstić information content (AvgIpc) is 3.16. The van der Waals surface area contributed by atoms with E-state index in [4.69, 9.17) is 9.47 Å². The average molecular weight is 475 g/mol. The Morgan fingerprint density at radius 3 is 2.38 bits per heavy atom. The summed E-state index contributed by atoms with van der Waals surface area (Å²) >= 11 is 0. The lowest BCUT2D eigenvalue weighted by Gasteiger charge is -2.61. The fraction of sp³-hybridized carbons (Fsp3) is 0.821. The van der Waals surface area contributed by atoms with Gasteiger partial charge in [-0.1, -0.05) is 26.3 Å². The van der Waals surface area contributed by atoms with E-state index in [0.717, 1.165) is 44.9 Å². The maximum absolute atomic E-state index is 12.3. The molecule has 3 saturated carbocycles. The van der Waals surface area contributed by atoms with Crippen molar-refractivity contribution in [2.24, 2.45) is 46.3 Å². The van der Waals surface area contributed by atoms with E-state index in [-0.39, 0.29) is 28.4 Å². The Hall–Kier alpha value is -1.69. The maximum atomic E-state index is 12.3. The SMILES string of the molecule is CC[C@H]1C2=CC(=O)CC[C@]2(C)C2CC[C@]3(C)C(CCC(C(=O)OC)C(=O)OC)CCC3C2[C@@H]1O. The van der Waals surface area contributed by atoms with Gasteiger partial charge in [0.1, 0.15) is 0 Å². The van der Waals surface area contributed by atoms with Crippen LogP contribution in [0.4, 0.5) is 0 Å². The Labute approximate surface area is 203 Å². The molecule has 0 bridgehead atoms. The molecule has 3 fully saturated rings. The number of aliphatic hydroxyl groups excluding tert-OH is 1. The van der Waals surface area contributed by atoms with Crippen LogP contribution in [-0.2, 0) is 23.9 Å². The zero-order valence-corrected chi connectivity index (χ0v) is 21.5. The third-order valence-corrected chi connectivity index (χ3v) is 10.6. The monoisotopic (exact) mass is 474 g/mol. The van der Waals surface area contributed by atoms with Crippen LogP contribution in [0, 0.1) is 46.3 Å². The third-order valence-electron chi connectivity index (χ3n) is 10.6. The summed E-state index contributed by atoms with van der Waals surface area (Å²) in [7, 11) is 2.62. The standard InChI is InChI=1S/C28H42O6/c1-6-18-22-15-17(29)11-13-28(22,3)21-12-14-27(2)16(8-10-20(27)23(21)24(18)30)7-9-19(25(31)33-4)26(32)34-5/h15-16,18-21,23-24,30H,6-14H2,1-5H3/t16?,18-,20?,21?,23?,24+,27+,28+/m0/s1. The highest BCUT2D eigenvalue weighted by molar-refractivity contribution is 5.94. The second-order valence-electron chi connectivity index (χ2n) is 11.8. The van der Waals surface area contributed by atoms with Gasteiger partial charge in [0, 0.05) is 12.3 Å². The molecule has 8 atom stereocenters. The van der Waals surface area contributed by atoms with Gasteiger partial charge in [-0.15, -0.1) is 0 Å². The molecular weight excluding hydrogens is 432 g/mol. The lowest BCUT2D eigenvalue weighted by molar-refractivity contribution is -0.159. The molecule has 0 spiro atoms. The molecule has 0 aromatic carbocycles. The molecular formula is C28H42O6. The van der Waals surface area contributed by atoms with Crippen LogP contribution in [0.25, 0.3) is 0 Å². The summed E-state index contributed by atoms with van der Waals surface area (Å²) in [5.41, 5.74) is 1.29. The van der Waals surface area contributed by atoms with E-state index in [2.05, 4.69) is 20.8 Å².